The molecule has 1 aromatic carbocycles. The second-order valence-electron chi connectivity index (χ2n) is 5.11. The maximum absolute atomic E-state index is 12.0. The van der Waals surface area contributed by atoms with Gasteiger partial charge in [-0.25, -0.2) is 0 Å². The van der Waals surface area contributed by atoms with Crippen LogP contribution in [0.4, 0.5) is 0 Å². The lowest BCUT2D eigenvalue weighted by Gasteiger charge is -2.17. The van der Waals surface area contributed by atoms with Crippen LogP contribution in [0.15, 0.2) is 53.1 Å². The van der Waals surface area contributed by atoms with Gasteiger partial charge in [-0.1, -0.05) is 30.3 Å². The molecule has 0 saturated carbocycles. The number of amides is 2. The highest BCUT2D eigenvalue weighted by Crippen LogP contribution is 2.15. The molecule has 1 fully saturated rings. The molecule has 3 rings (SSSR count). The van der Waals surface area contributed by atoms with Crippen LogP contribution in [-0.4, -0.2) is 29.3 Å². The summed E-state index contributed by atoms with van der Waals surface area (Å²) in [6.45, 7) is 1.10. The van der Waals surface area contributed by atoms with E-state index >= 15 is 0 Å². The minimum atomic E-state index is -0.278. The molecule has 1 aliphatic heterocycles. The molecule has 1 unspecified atom stereocenters. The molecule has 1 aromatic heterocycles. The first-order valence-corrected chi connectivity index (χ1v) is 6.88. The highest BCUT2D eigenvalue weighted by molar-refractivity contribution is 5.92. The third-order valence-electron chi connectivity index (χ3n) is 3.51. The average molecular weight is 284 g/mol. The fourth-order valence-electron chi connectivity index (χ4n) is 2.49. The Morgan fingerprint density at radius 3 is 2.76 bits per heavy atom. The number of hydrogen-bond donors (Lipinski definition) is 1. The van der Waals surface area contributed by atoms with Gasteiger partial charge >= 0.3 is 0 Å². The number of hydrogen-bond acceptors (Lipinski definition) is 3. The second-order valence-corrected chi connectivity index (χ2v) is 5.11. The van der Waals surface area contributed by atoms with Crippen LogP contribution in [0.3, 0.4) is 0 Å². The van der Waals surface area contributed by atoms with Gasteiger partial charge in [-0.15, -0.1) is 0 Å². The molecule has 1 N–H and O–H groups in total. The zero-order valence-corrected chi connectivity index (χ0v) is 11.5. The van der Waals surface area contributed by atoms with E-state index in [0.717, 1.165) is 5.56 Å². The Kier molecular flexibility index (Phi) is 3.73. The summed E-state index contributed by atoms with van der Waals surface area (Å²) >= 11 is 0. The summed E-state index contributed by atoms with van der Waals surface area (Å²) in [7, 11) is 0. The minimum absolute atomic E-state index is 0.0589. The first kappa shape index (κ1) is 13.4. The average Bonchev–Trinajstić information content (AvgIpc) is 3.11. The summed E-state index contributed by atoms with van der Waals surface area (Å²) in [5.74, 6) is 0.0481. The predicted octanol–water partition coefficient (Wildman–Crippen LogP) is 1.81. The van der Waals surface area contributed by atoms with Gasteiger partial charge in [0.1, 0.15) is 0 Å². The molecule has 0 radical (unpaired) electrons. The normalized spacial score (nSPS) is 18.0. The summed E-state index contributed by atoms with van der Waals surface area (Å²) in [6.07, 6.45) is 1.79. The number of carbonyl (C=O) groups excluding carboxylic acids is 2. The zero-order chi connectivity index (χ0) is 14.7. The molecule has 1 atom stereocenters. The standard InChI is InChI=1S/C16H16N2O3/c19-15-9-13(17-16(20)14-7-4-8-21-14)11-18(15)10-12-5-2-1-3-6-12/h1-8,13H,9-11H2,(H,17,20). The molecule has 5 heteroatoms. The summed E-state index contributed by atoms with van der Waals surface area (Å²) in [4.78, 5) is 25.7. The van der Waals surface area contributed by atoms with Gasteiger partial charge in [-0.2, -0.15) is 0 Å². The van der Waals surface area contributed by atoms with Crippen molar-refractivity contribution in [1.29, 1.82) is 0 Å². The molecule has 21 heavy (non-hydrogen) atoms. The Morgan fingerprint density at radius 2 is 2.05 bits per heavy atom. The van der Waals surface area contributed by atoms with Crippen molar-refractivity contribution >= 4 is 11.8 Å². The lowest BCUT2D eigenvalue weighted by atomic mass is 10.2. The van der Waals surface area contributed by atoms with Crippen molar-refractivity contribution in [3.63, 3.8) is 0 Å². The maximum atomic E-state index is 12.0. The van der Waals surface area contributed by atoms with E-state index in [-0.39, 0.29) is 23.6 Å². The van der Waals surface area contributed by atoms with E-state index in [0.29, 0.717) is 19.5 Å². The molecule has 2 amide bonds. The number of nitrogens with zero attached hydrogens (tertiary/aromatic N) is 1. The van der Waals surface area contributed by atoms with Crippen LogP contribution in [-0.2, 0) is 11.3 Å². The Morgan fingerprint density at radius 1 is 1.24 bits per heavy atom. The molecule has 2 aromatic rings. The van der Waals surface area contributed by atoms with Gasteiger partial charge in [-0.05, 0) is 17.7 Å². The molecule has 0 aliphatic carbocycles. The molecule has 5 nitrogen and oxygen atoms in total. The van der Waals surface area contributed by atoms with E-state index in [2.05, 4.69) is 5.32 Å². The van der Waals surface area contributed by atoms with E-state index in [1.165, 1.54) is 6.26 Å². The monoisotopic (exact) mass is 284 g/mol. The highest BCUT2D eigenvalue weighted by atomic mass is 16.3. The Bertz CT molecular complexity index is 622. The largest absolute Gasteiger partial charge is 0.459 e. The van der Waals surface area contributed by atoms with Gasteiger partial charge in [0.2, 0.25) is 5.91 Å². The van der Waals surface area contributed by atoms with Crippen LogP contribution in [0.25, 0.3) is 0 Å². The molecule has 1 saturated heterocycles. The number of benzene rings is 1. The van der Waals surface area contributed by atoms with Crippen LogP contribution in [0.1, 0.15) is 22.5 Å². The SMILES string of the molecule is O=C(NC1CC(=O)N(Cc2ccccc2)C1)c1ccco1. The van der Waals surface area contributed by atoms with Crippen LogP contribution >= 0.6 is 0 Å². The molecule has 0 bridgehead atoms. The van der Waals surface area contributed by atoms with Crippen LogP contribution in [0.2, 0.25) is 0 Å². The van der Waals surface area contributed by atoms with Crippen molar-refractivity contribution in [2.75, 3.05) is 6.54 Å². The van der Waals surface area contributed by atoms with Crippen molar-refractivity contribution in [3.05, 3.63) is 60.1 Å². The Hall–Kier alpha value is -2.56. The fourth-order valence-corrected chi connectivity index (χ4v) is 2.49. The van der Waals surface area contributed by atoms with Crippen LogP contribution in [0, 0.1) is 0 Å². The molecule has 1 aliphatic rings. The lowest BCUT2D eigenvalue weighted by molar-refractivity contribution is -0.128. The van der Waals surface area contributed by atoms with Gasteiger partial charge in [0.15, 0.2) is 5.76 Å². The number of furan rings is 1. The summed E-state index contributed by atoms with van der Waals surface area (Å²) in [5.41, 5.74) is 1.09. The topological polar surface area (TPSA) is 62.6 Å². The van der Waals surface area contributed by atoms with Crippen molar-refractivity contribution in [3.8, 4) is 0 Å². The number of carbonyl (C=O) groups is 2. The summed E-state index contributed by atoms with van der Waals surface area (Å²) < 4.78 is 5.04. The second kappa shape index (κ2) is 5.83. The van der Waals surface area contributed by atoms with Gasteiger partial charge in [-0.3, -0.25) is 9.59 Å². The van der Waals surface area contributed by atoms with Gasteiger partial charge in [0, 0.05) is 19.5 Å². The van der Waals surface area contributed by atoms with Crippen molar-refractivity contribution < 1.29 is 14.0 Å². The Labute approximate surface area is 122 Å². The quantitative estimate of drug-likeness (QED) is 0.931. The van der Waals surface area contributed by atoms with Gasteiger partial charge in [0.05, 0.1) is 12.3 Å². The minimum Gasteiger partial charge on any atom is -0.459 e. The van der Waals surface area contributed by atoms with Crippen LogP contribution in [0.5, 0.6) is 0 Å². The predicted molar refractivity (Wildman–Crippen MR) is 76.4 cm³/mol. The third-order valence-corrected chi connectivity index (χ3v) is 3.51. The van der Waals surface area contributed by atoms with E-state index in [1.54, 1.807) is 17.0 Å². The van der Waals surface area contributed by atoms with E-state index in [9.17, 15) is 9.59 Å². The van der Waals surface area contributed by atoms with Crippen molar-refractivity contribution in [2.24, 2.45) is 0 Å². The maximum Gasteiger partial charge on any atom is 0.287 e. The molecule has 2 heterocycles. The molecular weight excluding hydrogens is 268 g/mol. The summed E-state index contributed by atoms with van der Waals surface area (Å²) in [5, 5.41) is 2.83. The van der Waals surface area contributed by atoms with Crippen molar-refractivity contribution in [2.45, 2.75) is 19.0 Å². The first-order valence-electron chi connectivity index (χ1n) is 6.88. The third kappa shape index (κ3) is 3.13. The number of nitrogens with one attached hydrogen (secondary N) is 1. The highest BCUT2D eigenvalue weighted by Gasteiger charge is 2.31. The smallest absolute Gasteiger partial charge is 0.287 e. The van der Waals surface area contributed by atoms with E-state index in [4.69, 9.17) is 4.42 Å². The molecule has 108 valence electrons. The molecule has 0 spiro atoms. The number of likely N-dealkylation sites (tertiary alicyclic amines) is 1. The number of rotatable bonds is 4. The van der Waals surface area contributed by atoms with Crippen molar-refractivity contribution in [1.82, 2.24) is 10.2 Å². The van der Waals surface area contributed by atoms with Crippen LogP contribution < -0.4 is 5.32 Å². The molecular formula is C16H16N2O3. The van der Waals surface area contributed by atoms with E-state index < -0.39 is 0 Å². The first-order chi connectivity index (χ1) is 10.2. The zero-order valence-electron chi connectivity index (χ0n) is 11.5. The summed E-state index contributed by atoms with van der Waals surface area (Å²) in [6, 6.07) is 12.9. The van der Waals surface area contributed by atoms with Gasteiger partial charge in [0.25, 0.3) is 5.91 Å². The van der Waals surface area contributed by atoms with Gasteiger partial charge < -0.3 is 14.6 Å². The lowest BCUT2D eigenvalue weighted by Crippen LogP contribution is -2.36. The fraction of sp³-hybridized carbons (Fsp3) is 0.250. The van der Waals surface area contributed by atoms with E-state index in [1.807, 2.05) is 30.3 Å². The Balaban J connectivity index is 1.58.